The lowest BCUT2D eigenvalue weighted by Crippen LogP contribution is -2.31. The Bertz CT molecular complexity index is 1180. The molecule has 1 atom stereocenters. The molecule has 0 fully saturated rings. The number of carbonyl (C=O) groups excluding carboxylic acids is 1. The summed E-state index contributed by atoms with van der Waals surface area (Å²) in [5.74, 6) is -1.12. The second kappa shape index (κ2) is 8.51. The number of aliphatic hydroxyl groups excluding tert-OH is 1. The highest BCUT2D eigenvalue weighted by Crippen LogP contribution is 2.33. The van der Waals surface area contributed by atoms with Gasteiger partial charge in [0.2, 0.25) is 5.43 Å². The van der Waals surface area contributed by atoms with Gasteiger partial charge in [0.1, 0.15) is 11.4 Å². The number of pyridine rings is 1. The van der Waals surface area contributed by atoms with Crippen molar-refractivity contribution in [1.29, 1.82) is 0 Å². The van der Waals surface area contributed by atoms with Crippen LogP contribution in [-0.2, 0) is 6.54 Å². The standard InChI is InChI=1S/C24H28FN3O3/c1-14-9-20-17(10-19(14)27-11-15-5-7-16(25)8-6-15)22(30)18(23(26)31)12-28(20)21(13-29)24(2,3)4/h5-10,12,21,27,29H,11,13H2,1-4H3,(H2,26,31)/t21-/m1/s1. The molecule has 1 aromatic heterocycles. The molecule has 0 unspecified atom stereocenters. The van der Waals surface area contributed by atoms with E-state index in [2.05, 4.69) is 5.32 Å². The average Bonchev–Trinajstić information content (AvgIpc) is 2.69. The number of hydrogen-bond donors (Lipinski definition) is 3. The minimum absolute atomic E-state index is 0.122. The number of nitrogens with one attached hydrogen (secondary N) is 1. The number of aromatic nitrogens is 1. The number of nitrogens with zero attached hydrogens (tertiary/aromatic N) is 1. The van der Waals surface area contributed by atoms with Gasteiger partial charge < -0.3 is 20.7 Å². The highest BCUT2D eigenvalue weighted by molar-refractivity contribution is 5.97. The number of hydrogen-bond acceptors (Lipinski definition) is 4. The maximum Gasteiger partial charge on any atom is 0.254 e. The molecular formula is C24H28FN3O3. The minimum atomic E-state index is -0.812. The average molecular weight is 426 g/mol. The molecule has 0 aliphatic rings. The van der Waals surface area contributed by atoms with Crippen LogP contribution < -0.4 is 16.5 Å². The monoisotopic (exact) mass is 425 g/mol. The SMILES string of the molecule is Cc1cc2c(cc1NCc1ccc(F)cc1)c(=O)c(C(N)=O)cn2[C@H](CO)C(C)(C)C. The van der Waals surface area contributed by atoms with Gasteiger partial charge in [-0.15, -0.1) is 0 Å². The summed E-state index contributed by atoms with van der Waals surface area (Å²) in [6.07, 6.45) is 1.45. The zero-order chi connectivity index (χ0) is 22.9. The molecule has 0 bridgehead atoms. The molecular weight excluding hydrogens is 397 g/mol. The topological polar surface area (TPSA) is 97.4 Å². The third-order valence-corrected chi connectivity index (χ3v) is 5.55. The summed E-state index contributed by atoms with van der Waals surface area (Å²) in [6.45, 7) is 8.13. The maximum absolute atomic E-state index is 13.1. The molecule has 31 heavy (non-hydrogen) atoms. The Morgan fingerprint density at radius 1 is 1.23 bits per heavy atom. The van der Waals surface area contributed by atoms with Crippen LogP contribution in [0.4, 0.5) is 10.1 Å². The summed E-state index contributed by atoms with van der Waals surface area (Å²) in [7, 11) is 0. The van der Waals surface area contributed by atoms with Crippen LogP contribution in [0, 0.1) is 18.2 Å². The maximum atomic E-state index is 13.1. The van der Waals surface area contributed by atoms with E-state index in [1.54, 1.807) is 22.8 Å². The highest BCUT2D eigenvalue weighted by Gasteiger charge is 2.28. The van der Waals surface area contributed by atoms with Crippen LogP contribution in [0.2, 0.25) is 0 Å². The van der Waals surface area contributed by atoms with E-state index in [1.165, 1.54) is 18.3 Å². The number of fused-ring (bicyclic) bond motifs is 1. The smallest absolute Gasteiger partial charge is 0.254 e. The van der Waals surface area contributed by atoms with Crippen LogP contribution in [0.3, 0.4) is 0 Å². The first-order chi connectivity index (χ1) is 14.5. The van der Waals surface area contributed by atoms with Gasteiger partial charge in [-0.25, -0.2) is 4.39 Å². The Balaban J connectivity index is 2.16. The zero-order valence-corrected chi connectivity index (χ0v) is 18.2. The van der Waals surface area contributed by atoms with Crippen molar-refractivity contribution in [3.63, 3.8) is 0 Å². The van der Waals surface area contributed by atoms with Gasteiger partial charge in [0.05, 0.1) is 18.2 Å². The molecule has 6 nitrogen and oxygen atoms in total. The molecule has 2 aromatic carbocycles. The van der Waals surface area contributed by atoms with Gasteiger partial charge in [-0.05, 0) is 47.7 Å². The fourth-order valence-corrected chi connectivity index (χ4v) is 3.70. The van der Waals surface area contributed by atoms with Crippen molar-refractivity contribution in [2.24, 2.45) is 11.1 Å². The molecule has 0 saturated heterocycles. The van der Waals surface area contributed by atoms with E-state index in [1.807, 2.05) is 33.8 Å². The van der Waals surface area contributed by atoms with Gasteiger partial charge >= 0.3 is 0 Å². The van der Waals surface area contributed by atoms with E-state index in [-0.39, 0.29) is 29.4 Å². The second-order valence-electron chi connectivity index (χ2n) is 8.87. The number of nitrogens with two attached hydrogens (primary N) is 1. The van der Waals surface area contributed by atoms with Crippen molar-refractivity contribution in [2.45, 2.75) is 40.3 Å². The number of amides is 1. The van der Waals surface area contributed by atoms with E-state index in [0.29, 0.717) is 17.4 Å². The second-order valence-corrected chi connectivity index (χ2v) is 8.87. The molecule has 4 N–H and O–H groups in total. The van der Waals surface area contributed by atoms with Crippen LogP contribution in [-0.4, -0.2) is 22.2 Å². The van der Waals surface area contributed by atoms with Gasteiger partial charge in [0.15, 0.2) is 0 Å². The van der Waals surface area contributed by atoms with Crippen LogP contribution in [0.5, 0.6) is 0 Å². The van der Waals surface area contributed by atoms with Gasteiger partial charge in [0.25, 0.3) is 5.91 Å². The van der Waals surface area contributed by atoms with E-state index in [9.17, 15) is 19.1 Å². The lowest BCUT2D eigenvalue weighted by molar-refractivity contribution is 0.0995. The number of anilines is 1. The first-order valence-corrected chi connectivity index (χ1v) is 10.1. The Morgan fingerprint density at radius 2 is 1.87 bits per heavy atom. The number of aliphatic hydroxyl groups is 1. The van der Waals surface area contributed by atoms with Gasteiger partial charge in [0, 0.05) is 23.8 Å². The van der Waals surface area contributed by atoms with E-state index >= 15 is 0 Å². The third kappa shape index (κ3) is 4.61. The van der Waals surface area contributed by atoms with Crippen LogP contribution in [0.1, 0.15) is 48.3 Å². The van der Waals surface area contributed by atoms with Crippen molar-refractivity contribution in [2.75, 3.05) is 11.9 Å². The fourth-order valence-electron chi connectivity index (χ4n) is 3.70. The van der Waals surface area contributed by atoms with Crippen molar-refractivity contribution in [1.82, 2.24) is 4.57 Å². The molecule has 7 heteroatoms. The summed E-state index contributed by atoms with van der Waals surface area (Å²) in [4.78, 5) is 25.0. The predicted molar refractivity (Wildman–Crippen MR) is 121 cm³/mol. The molecule has 0 spiro atoms. The number of primary amides is 1. The number of halogens is 1. The van der Waals surface area contributed by atoms with Gasteiger partial charge in [-0.3, -0.25) is 9.59 Å². The Hall–Kier alpha value is -3.19. The molecule has 164 valence electrons. The number of carbonyl (C=O) groups is 1. The number of rotatable bonds is 6. The molecule has 0 radical (unpaired) electrons. The van der Waals surface area contributed by atoms with E-state index in [4.69, 9.17) is 5.73 Å². The first-order valence-electron chi connectivity index (χ1n) is 10.1. The third-order valence-electron chi connectivity index (χ3n) is 5.55. The summed E-state index contributed by atoms with van der Waals surface area (Å²) in [6, 6.07) is 9.36. The summed E-state index contributed by atoms with van der Waals surface area (Å²) in [5, 5.41) is 13.7. The minimum Gasteiger partial charge on any atom is -0.394 e. The fraction of sp³-hybridized carbons (Fsp3) is 0.333. The molecule has 1 amide bonds. The lowest BCUT2D eigenvalue weighted by Gasteiger charge is -2.33. The molecule has 0 aliphatic heterocycles. The van der Waals surface area contributed by atoms with Crippen LogP contribution in [0.15, 0.2) is 47.4 Å². The van der Waals surface area contributed by atoms with Crippen molar-refractivity contribution >= 4 is 22.5 Å². The lowest BCUT2D eigenvalue weighted by atomic mass is 9.86. The molecule has 1 heterocycles. The summed E-state index contributed by atoms with van der Waals surface area (Å²) >= 11 is 0. The van der Waals surface area contributed by atoms with Gasteiger partial charge in [-0.1, -0.05) is 32.9 Å². The Kier molecular flexibility index (Phi) is 6.18. The summed E-state index contributed by atoms with van der Waals surface area (Å²) in [5.41, 5.74) is 7.69. The van der Waals surface area contributed by atoms with Crippen LogP contribution >= 0.6 is 0 Å². The zero-order valence-electron chi connectivity index (χ0n) is 18.2. The molecule has 0 saturated carbocycles. The number of benzene rings is 2. The largest absolute Gasteiger partial charge is 0.394 e. The highest BCUT2D eigenvalue weighted by atomic mass is 19.1. The summed E-state index contributed by atoms with van der Waals surface area (Å²) < 4.78 is 14.9. The van der Waals surface area contributed by atoms with Gasteiger partial charge in [-0.2, -0.15) is 0 Å². The molecule has 3 rings (SSSR count). The van der Waals surface area contributed by atoms with E-state index in [0.717, 1.165) is 16.8 Å². The first kappa shape index (κ1) is 22.5. The normalized spacial score (nSPS) is 12.7. The van der Waals surface area contributed by atoms with Crippen LogP contribution in [0.25, 0.3) is 10.9 Å². The quantitative estimate of drug-likeness (QED) is 0.560. The van der Waals surface area contributed by atoms with Crippen molar-refractivity contribution < 1.29 is 14.3 Å². The van der Waals surface area contributed by atoms with E-state index < -0.39 is 11.3 Å². The number of aryl methyl sites for hydroxylation is 1. The van der Waals surface area contributed by atoms with Crippen molar-refractivity contribution in [3.8, 4) is 0 Å². The Labute approximate surface area is 180 Å². The Morgan fingerprint density at radius 3 is 2.42 bits per heavy atom. The predicted octanol–water partition coefficient (Wildman–Crippen LogP) is 3.74. The van der Waals surface area contributed by atoms with Crippen molar-refractivity contribution in [3.05, 3.63) is 75.3 Å². The molecule has 0 aliphatic carbocycles. The molecule has 3 aromatic rings.